The number of carbonyl (C=O) groups is 2. The Morgan fingerprint density at radius 2 is 2.00 bits per heavy atom. The van der Waals surface area contributed by atoms with Gasteiger partial charge in [0.2, 0.25) is 5.91 Å². The van der Waals surface area contributed by atoms with Gasteiger partial charge in [0.25, 0.3) is 5.91 Å². The first-order valence-electron chi connectivity index (χ1n) is 8.50. The molecular formula is C19H22N2O4. The molecule has 2 aromatic rings. The van der Waals surface area contributed by atoms with Crippen LogP contribution in [0.3, 0.4) is 0 Å². The molecule has 1 aliphatic heterocycles. The van der Waals surface area contributed by atoms with Crippen molar-refractivity contribution in [3.63, 3.8) is 0 Å². The fourth-order valence-corrected chi connectivity index (χ4v) is 2.84. The Morgan fingerprint density at radius 3 is 2.76 bits per heavy atom. The summed E-state index contributed by atoms with van der Waals surface area (Å²) in [5, 5.41) is 2.75. The zero-order valence-electron chi connectivity index (χ0n) is 14.0. The van der Waals surface area contributed by atoms with E-state index < -0.39 is 0 Å². The zero-order chi connectivity index (χ0) is 17.5. The smallest absolute Gasteiger partial charge is 0.286 e. The maximum Gasteiger partial charge on any atom is 0.286 e. The van der Waals surface area contributed by atoms with Gasteiger partial charge in [-0.05, 0) is 24.1 Å². The monoisotopic (exact) mass is 342 g/mol. The van der Waals surface area contributed by atoms with Crippen molar-refractivity contribution in [3.05, 3.63) is 60.1 Å². The van der Waals surface area contributed by atoms with Crippen LogP contribution in [0.15, 0.2) is 53.1 Å². The summed E-state index contributed by atoms with van der Waals surface area (Å²) in [5.74, 6) is 0.120. The van der Waals surface area contributed by atoms with Gasteiger partial charge in [-0.3, -0.25) is 9.59 Å². The van der Waals surface area contributed by atoms with Gasteiger partial charge in [0.05, 0.1) is 19.4 Å². The Balaban J connectivity index is 1.41. The average Bonchev–Trinajstić information content (AvgIpc) is 3.20. The fourth-order valence-electron chi connectivity index (χ4n) is 2.84. The van der Waals surface area contributed by atoms with Crippen LogP contribution in [0.1, 0.15) is 35.1 Å². The third kappa shape index (κ3) is 4.70. The van der Waals surface area contributed by atoms with Crippen LogP contribution in [0.5, 0.6) is 0 Å². The molecule has 1 unspecified atom stereocenters. The van der Waals surface area contributed by atoms with E-state index in [0.29, 0.717) is 39.1 Å². The number of hydrogen-bond acceptors (Lipinski definition) is 4. The first-order chi connectivity index (χ1) is 12.2. The summed E-state index contributed by atoms with van der Waals surface area (Å²) in [6, 6.07) is 13.2. The highest BCUT2D eigenvalue weighted by molar-refractivity contribution is 5.91. The summed E-state index contributed by atoms with van der Waals surface area (Å²) in [6.45, 7) is 2.17. The summed E-state index contributed by atoms with van der Waals surface area (Å²) in [7, 11) is 0. The molecule has 3 rings (SSSR count). The first-order valence-corrected chi connectivity index (χ1v) is 8.50. The van der Waals surface area contributed by atoms with Crippen molar-refractivity contribution < 1.29 is 18.7 Å². The molecule has 1 aromatic carbocycles. The van der Waals surface area contributed by atoms with Crippen molar-refractivity contribution in [1.82, 2.24) is 10.2 Å². The summed E-state index contributed by atoms with van der Waals surface area (Å²) >= 11 is 0. The maximum absolute atomic E-state index is 12.4. The zero-order valence-corrected chi connectivity index (χ0v) is 14.0. The second-order valence-electron chi connectivity index (χ2n) is 5.95. The van der Waals surface area contributed by atoms with Crippen molar-refractivity contribution in [2.45, 2.75) is 18.9 Å². The van der Waals surface area contributed by atoms with Crippen LogP contribution in [0.2, 0.25) is 0 Å². The molecule has 0 bridgehead atoms. The Hall–Kier alpha value is -2.60. The fraction of sp³-hybridized carbons (Fsp3) is 0.368. The number of amides is 2. The van der Waals surface area contributed by atoms with Crippen LogP contribution < -0.4 is 5.32 Å². The Labute approximate surface area is 146 Å². The standard InChI is InChI=1S/C19H22N2O4/c22-18(9-4-10-20-19(23)16-8-5-12-24-16)21-11-13-25-17(14-21)15-6-2-1-3-7-15/h1-3,5-8,12,17H,4,9-11,13-14H2,(H,20,23). The van der Waals surface area contributed by atoms with Gasteiger partial charge in [0.15, 0.2) is 5.76 Å². The largest absolute Gasteiger partial charge is 0.459 e. The molecule has 0 spiro atoms. The van der Waals surface area contributed by atoms with Gasteiger partial charge in [-0.25, -0.2) is 0 Å². The van der Waals surface area contributed by atoms with E-state index in [0.717, 1.165) is 5.56 Å². The molecule has 1 atom stereocenters. The van der Waals surface area contributed by atoms with E-state index in [4.69, 9.17) is 9.15 Å². The van der Waals surface area contributed by atoms with E-state index in [2.05, 4.69) is 5.32 Å². The minimum atomic E-state index is -0.257. The second kappa shape index (κ2) is 8.48. The van der Waals surface area contributed by atoms with Crippen LogP contribution in [-0.2, 0) is 9.53 Å². The molecule has 0 aliphatic carbocycles. The molecule has 6 nitrogen and oxygen atoms in total. The molecule has 0 saturated carbocycles. The van der Waals surface area contributed by atoms with Crippen molar-refractivity contribution in [3.8, 4) is 0 Å². The molecule has 1 fully saturated rings. The van der Waals surface area contributed by atoms with Crippen LogP contribution in [-0.4, -0.2) is 43.0 Å². The van der Waals surface area contributed by atoms with Crippen LogP contribution >= 0.6 is 0 Å². The van der Waals surface area contributed by atoms with E-state index >= 15 is 0 Å². The number of nitrogens with one attached hydrogen (secondary N) is 1. The van der Waals surface area contributed by atoms with Gasteiger partial charge in [0.1, 0.15) is 6.10 Å². The van der Waals surface area contributed by atoms with Gasteiger partial charge < -0.3 is 19.4 Å². The number of carbonyl (C=O) groups excluding carboxylic acids is 2. The van der Waals surface area contributed by atoms with E-state index in [9.17, 15) is 9.59 Å². The minimum absolute atomic E-state index is 0.0717. The van der Waals surface area contributed by atoms with Gasteiger partial charge in [-0.1, -0.05) is 30.3 Å². The Kier molecular flexibility index (Phi) is 5.85. The van der Waals surface area contributed by atoms with Crippen LogP contribution in [0, 0.1) is 0 Å². The lowest BCUT2D eigenvalue weighted by molar-refractivity contribution is -0.139. The van der Waals surface area contributed by atoms with Crippen molar-refractivity contribution in [1.29, 1.82) is 0 Å². The number of morpholine rings is 1. The second-order valence-corrected chi connectivity index (χ2v) is 5.95. The molecule has 1 aromatic heterocycles. The van der Waals surface area contributed by atoms with Gasteiger partial charge in [-0.2, -0.15) is 0 Å². The third-order valence-corrected chi connectivity index (χ3v) is 4.19. The highest BCUT2D eigenvalue weighted by Crippen LogP contribution is 2.22. The lowest BCUT2D eigenvalue weighted by Crippen LogP contribution is -2.42. The van der Waals surface area contributed by atoms with Crippen LogP contribution in [0.4, 0.5) is 0 Å². The first kappa shape index (κ1) is 17.2. The van der Waals surface area contributed by atoms with Crippen molar-refractivity contribution in [2.24, 2.45) is 0 Å². The number of hydrogen-bond donors (Lipinski definition) is 1. The van der Waals surface area contributed by atoms with Crippen molar-refractivity contribution in [2.75, 3.05) is 26.2 Å². The molecule has 2 amide bonds. The van der Waals surface area contributed by atoms with Crippen LogP contribution in [0.25, 0.3) is 0 Å². The average molecular weight is 342 g/mol. The molecule has 6 heteroatoms. The Bertz CT molecular complexity index is 685. The molecule has 1 aliphatic rings. The topological polar surface area (TPSA) is 71.8 Å². The molecule has 0 radical (unpaired) electrons. The number of nitrogens with zero attached hydrogens (tertiary/aromatic N) is 1. The molecule has 132 valence electrons. The highest BCUT2D eigenvalue weighted by atomic mass is 16.5. The number of rotatable bonds is 6. The van der Waals surface area contributed by atoms with E-state index in [1.165, 1.54) is 6.26 Å². The van der Waals surface area contributed by atoms with Gasteiger partial charge in [-0.15, -0.1) is 0 Å². The summed E-state index contributed by atoms with van der Waals surface area (Å²) < 4.78 is 10.8. The quantitative estimate of drug-likeness (QED) is 0.818. The van der Waals surface area contributed by atoms with E-state index in [1.54, 1.807) is 12.1 Å². The molecular weight excluding hydrogens is 320 g/mol. The lowest BCUT2D eigenvalue weighted by Gasteiger charge is -2.33. The summed E-state index contributed by atoms with van der Waals surface area (Å²) in [4.78, 5) is 26.0. The van der Waals surface area contributed by atoms with Gasteiger partial charge in [0, 0.05) is 19.5 Å². The van der Waals surface area contributed by atoms with E-state index in [1.807, 2.05) is 35.2 Å². The Morgan fingerprint density at radius 1 is 1.16 bits per heavy atom. The third-order valence-electron chi connectivity index (χ3n) is 4.19. The normalized spacial score (nSPS) is 17.3. The summed E-state index contributed by atoms with van der Waals surface area (Å²) in [6.07, 6.45) is 2.39. The van der Waals surface area contributed by atoms with E-state index in [-0.39, 0.29) is 23.7 Å². The predicted octanol–water partition coefficient (Wildman–Crippen LogP) is 2.39. The number of furan rings is 1. The molecule has 1 saturated heterocycles. The predicted molar refractivity (Wildman–Crippen MR) is 92.0 cm³/mol. The lowest BCUT2D eigenvalue weighted by atomic mass is 10.1. The van der Waals surface area contributed by atoms with Crippen molar-refractivity contribution >= 4 is 11.8 Å². The highest BCUT2D eigenvalue weighted by Gasteiger charge is 2.24. The molecule has 25 heavy (non-hydrogen) atoms. The number of benzene rings is 1. The number of ether oxygens (including phenoxy) is 1. The SMILES string of the molecule is O=C(NCCCC(=O)N1CCOC(c2ccccc2)C1)c1ccco1. The molecule has 2 heterocycles. The summed E-state index contributed by atoms with van der Waals surface area (Å²) in [5.41, 5.74) is 1.09. The molecule has 1 N–H and O–H groups in total. The minimum Gasteiger partial charge on any atom is -0.459 e. The van der Waals surface area contributed by atoms with Gasteiger partial charge >= 0.3 is 0 Å². The maximum atomic E-state index is 12.4.